The van der Waals surface area contributed by atoms with Gasteiger partial charge in [-0.05, 0) is 24.9 Å². The van der Waals surface area contributed by atoms with E-state index >= 15 is 0 Å². The second-order valence-electron chi connectivity index (χ2n) is 3.58. The number of aromatic nitrogens is 1. The average molecular weight is 251 g/mol. The minimum absolute atomic E-state index is 0.0793. The van der Waals surface area contributed by atoms with E-state index in [1.54, 1.807) is 0 Å². The summed E-state index contributed by atoms with van der Waals surface area (Å²) < 4.78 is 3.99. The number of carbonyl (C=O) groups is 2. The summed E-state index contributed by atoms with van der Waals surface area (Å²) in [5, 5.41) is 11.6. The Morgan fingerprint density at radius 1 is 1.53 bits per heavy atom. The van der Waals surface area contributed by atoms with Gasteiger partial charge in [-0.15, -0.1) is 0 Å². The highest BCUT2D eigenvalue weighted by atomic mass is 32.1. The van der Waals surface area contributed by atoms with Crippen molar-refractivity contribution >= 4 is 23.2 Å². The van der Waals surface area contributed by atoms with Crippen LogP contribution in [0, 0.1) is 11.3 Å². The molecular weight excluding hydrogens is 238 g/mol. The first kappa shape index (κ1) is 13.3. The number of Topliss-reactive ketones (excluding diaryl/α,β-unsaturated/α-hetero) is 1. The van der Waals surface area contributed by atoms with Gasteiger partial charge in [0.2, 0.25) is 0 Å². The molecule has 0 unspecified atom stereocenters. The lowest BCUT2D eigenvalue weighted by Crippen LogP contribution is -2.25. The number of hydrogen-bond donors (Lipinski definition) is 1. The highest BCUT2D eigenvalue weighted by molar-refractivity contribution is 7.06. The molecule has 1 amide bonds. The maximum Gasteiger partial charge on any atom is 0.255 e. The summed E-state index contributed by atoms with van der Waals surface area (Å²) in [7, 11) is 0. The van der Waals surface area contributed by atoms with Crippen LogP contribution in [0.3, 0.4) is 0 Å². The number of nitrogens with one attached hydrogen (secondary N) is 1. The summed E-state index contributed by atoms with van der Waals surface area (Å²) in [5.74, 6) is -0.405. The van der Waals surface area contributed by atoms with Gasteiger partial charge in [0.1, 0.15) is 16.7 Å². The Labute approximate surface area is 104 Å². The summed E-state index contributed by atoms with van der Waals surface area (Å²) in [4.78, 5) is 23.1. The van der Waals surface area contributed by atoms with Crippen LogP contribution < -0.4 is 5.32 Å². The Hall–Kier alpha value is -1.74. The molecule has 1 heterocycles. The number of hydrogen-bond acceptors (Lipinski definition) is 5. The van der Waals surface area contributed by atoms with Crippen LogP contribution in [0.4, 0.5) is 0 Å². The third-order valence-corrected chi connectivity index (χ3v) is 2.83. The molecule has 1 aromatic rings. The van der Waals surface area contributed by atoms with Crippen LogP contribution in [0.15, 0.2) is 0 Å². The topological polar surface area (TPSA) is 82.8 Å². The predicted octanol–water partition coefficient (Wildman–Crippen LogP) is 1.29. The maximum atomic E-state index is 11.8. The van der Waals surface area contributed by atoms with Crippen molar-refractivity contribution < 1.29 is 9.59 Å². The van der Waals surface area contributed by atoms with Crippen LogP contribution in [0.5, 0.6) is 0 Å². The van der Waals surface area contributed by atoms with Crippen molar-refractivity contribution in [2.45, 2.75) is 26.7 Å². The van der Waals surface area contributed by atoms with Gasteiger partial charge in [-0.1, -0.05) is 6.92 Å². The van der Waals surface area contributed by atoms with Gasteiger partial charge in [0.25, 0.3) is 5.91 Å². The van der Waals surface area contributed by atoms with E-state index in [1.807, 2.05) is 13.0 Å². The molecule has 5 nitrogen and oxygen atoms in total. The van der Waals surface area contributed by atoms with Crippen LogP contribution in [-0.4, -0.2) is 22.6 Å². The van der Waals surface area contributed by atoms with Crippen LogP contribution in [-0.2, 0) is 11.2 Å². The van der Waals surface area contributed by atoms with Crippen molar-refractivity contribution in [2.24, 2.45) is 0 Å². The predicted molar refractivity (Wildman–Crippen MR) is 63.8 cm³/mol. The maximum absolute atomic E-state index is 11.8. The van der Waals surface area contributed by atoms with E-state index in [4.69, 9.17) is 5.26 Å². The number of rotatable bonds is 5. The fourth-order valence-electron chi connectivity index (χ4n) is 1.32. The zero-order valence-corrected chi connectivity index (χ0v) is 10.6. The Kier molecular flexibility index (Phi) is 4.79. The second kappa shape index (κ2) is 6.11. The Balaban J connectivity index is 3.01. The van der Waals surface area contributed by atoms with E-state index in [2.05, 4.69) is 9.69 Å². The standard InChI is InChI=1S/C11H13N3O2S/c1-3-4-13-11(16)10-8(5-7(2)15)14-17-9(10)6-12/h3-5H2,1-2H3,(H,13,16). The number of nitrogens with zero attached hydrogens (tertiary/aromatic N) is 2. The molecular formula is C11H13N3O2S. The van der Waals surface area contributed by atoms with Gasteiger partial charge >= 0.3 is 0 Å². The van der Waals surface area contributed by atoms with E-state index in [9.17, 15) is 9.59 Å². The zero-order valence-electron chi connectivity index (χ0n) is 9.74. The van der Waals surface area contributed by atoms with Gasteiger partial charge < -0.3 is 5.32 Å². The van der Waals surface area contributed by atoms with Crippen LogP contribution in [0.25, 0.3) is 0 Å². The first-order chi connectivity index (χ1) is 8.10. The van der Waals surface area contributed by atoms with Crippen LogP contribution >= 0.6 is 11.5 Å². The lowest BCUT2D eigenvalue weighted by Gasteiger charge is -2.03. The molecule has 90 valence electrons. The number of amides is 1. The summed E-state index contributed by atoms with van der Waals surface area (Å²) in [5.41, 5.74) is 0.647. The second-order valence-corrected chi connectivity index (χ2v) is 4.35. The van der Waals surface area contributed by atoms with Crippen molar-refractivity contribution in [3.8, 4) is 6.07 Å². The van der Waals surface area contributed by atoms with Crippen LogP contribution in [0.1, 0.15) is 41.2 Å². The lowest BCUT2D eigenvalue weighted by atomic mass is 10.1. The quantitative estimate of drug-likeness (QED) is 0.854. The van der Waals surface area contributed by atoms with Gasteiger partial charge in [-0.2, -0.15) is 9.64 Å². The molecule has 6 heteroatoms. The largest absolute Gasteiger partial charge is 0.352 e. The van der Waals surface area contributed by atoms with Gasteiger partial charge in [0.05, 0.1) is 17.7 Å². The summed E-state index contributed by atoms with van der Waals surface area (Å²) >= 11 is 0.956. The van der Waals surface area contributed by atoms with E-state index in [1.165, 1.54) is 6.92 Å². The van der Waals surface area contributed by atoms with E-state index in [0.29, 0.717) is 12.2 Å². The fourth-order valence-corrected chi connectivity index (χ4v) is 2.02. The van der Waals surface area contributed by atoms with Crippen LogP contribution in [0.2, 0.25) is 0 Å². The Bertz CT molecular complexity index is 474. The van der Waals surface area contributed by atoms with Gasteiger partial charge in [-0.3, -0.25) is 9.59 Å². The van der Waals surface area contributed by atoms with Crippen molar-refractivity contribution in [3.05, 3.63) is 16.1 Å². The number of carbonyl (C=O) groups excluding carboxylic acids is 2. The molecule has 0 spiro atoms. The molecule has 0 fully saturated rings. The monoisotopic (exact) mass is 251 g/mol. The lowest BCUT2D eigenvalue weighted by molar-refractivity contribution is -0.116. The molecule has 0 bridgehead atoms. The highest BCUT2D eigenvalue weighted by Crippen LogP contribution is 2.18. The number of ketones is 1. The minimum Gasteiger partial charge on any atom is -0.352 e. The van der Waals surface area contributed by atoms with Crippen molar-refractivity contribution in [2.75, 3.05) is 6.54 Å². The molecule has 0 saturated carbocycles. The van der Waals surface area contributed by atoms with Crippen molar-refractivity contribution in [3.63, 3.8) is 0 Å². The summed E-state index contributed by atoms with van der Waals surface area (Å²) in [6.07, 6.45) is 0.903. The first-order valence-electron chi connectivity index (χ1n) is 5.26. The highest BCUT2D eigenvalue weighted by Gasteiger charge is 2.21. The third-order valence-electron chi connectivity index (χ3n) is 2.04. The average Bonchev–Trinajstić information content (AvgIpc) is 2.67. The van der Waals surface area contributed by atoms with Gasteiger partial charge in [-0.25, -0.2) is 0 Å². The Morgan fingerprint density at radius 2 is 2.24 bits per heavy atom. The SMILES string of the molecule is CCCNC(=O)c1c(CC(C)=O)nsc1C#N. The molecule has 0 aliphatic carbocycles. The molecule has 0 saturated heterocycles. The summed E-state index contributed by atoms with van der Waals surface area (Å²) in [6.45, 7) is 3.91. The zero-order chi connectivity index (χ0) is 12.8. The molecule has 0 aromatic carbocycles. The number of nitriles is 1. The summed E-state index contributed by atoms with van der Waals surface area (Å²) in [6, 6.07) is 1.93. The van der Waals surface area contributed by atoms with E-state index in [-0.39, 0.29) is 28.6 Å². The normalized spacial score (nSPS) is 9.71. The molecule has 1 N–H and O–H groups in total. The fraction of sp³-hybridized carbons (Fsp3) is 0.455. The first-order valence-corrected chi connectivity index (χ1v) is 6.03. The minimum atomic E-state index is -0.326. The van der Waals surface area contributed by atoms with Gasteiger partial charge in [0, 0.05) is 6.54 Å². The molecule has 0 aliphatic heterocycles. The van der Waals surface area contributed by atoms with Crippen molar-refractivity contribution in [1.29, 1.82) is 5.26 Å². The third kappa shape index (κ3) is 3.36. The van der Waals surface area contributed by atoms with E-state index in [0.717, 1.165) is 18.0 Å². The molecule has 17 heavy (non-hydrogen) atoms. The molecule has 1 aromatic heterocycles. The van der Waals surface area contributed by atoms with Crippen molar-refractivity contribution in [1.82, 2.24) is 9.69 Å². The molecule has 0 aliphatic rings. The molecule has 0 atom stereocenters. The van der Waals surface area contributed by atoms with Gasteiger partial charge in [0.15, 0.2) is 0 Å². The Morgan fingerprint density at radius 3 is 2.76 bits per heavy atom. The molecule has 1 rings (SSSR count). The smallest absolute Gasteiger partial charge is 0.255 e. The molecule has 0 radical (unpaired) electrons. The van der Waals surface area contributed by atoms with E-state index < -0.39 is 0 Å².